The molecule has 2 N–H and O–H groups in total. The second-order valence-electron chi connectivity index (χ2n) is 5.75. The molecule has 3 heterocycles. The molecule has 0 radical (unpaired) electrons. The highest BCUT2D eigenvalue weighted by atomic mass is 16.5. The van der Waals surface area contributed by atoms with Gasteiger partial charge in [-0.25, -0.2) is 4.98 Å². The molecule has 1 aliphatic rings. The molecule has 4 nitrogen and oxygen atoms in total. The van der Waals surface area contributed by atoms with E-state index in [9.17, 15) is 0 Å². The average Bonchev–Trinajstić information content (AvgIpc) is 3.02. The lowest BCUT2D eigenvalue weighted by atomic mass is 9.95. The van der Waals surface area contributed by atoms with E-state index in [4.69, 9.17) is 4.74 Å². The summed E-state index contributed by atoms with van der Waals surface area (Å²) in [5.74, 6) is 1.07. The maximum atomic E-state index is 5.90. The first-order valence-electron chi connectivity index (χ1n) is 7.72. The number of aromatic amines is 1. The van der Waals surface area contributed by atoms with E-state index >= 15 is 0 Å². The number of pyridine rings is 1. The standard InChI is InChI=1S/C18H19N3O/c1-19-10-16-9-14(7-12-3-2-6-22-17(12)16)15-8-13-4-5-20-18(13)21-11-15/h4-5,7-9,11,19H,2-3,6,10H2,1H3,(H,20,21). The molecule has 0 spiro atoms. The summed E-state index contributed by atoms with van der Waals surface area (Å²) in [6.07, 6.45) is 6.03. The molecule has 1 aromatic carbocycles. The number of nitrogens with zero attached hydrogens (tertiary/aromatic N) is 1. The van der Waals surface area contributed by atoms with Gasteiger partial charge in [0.25, 0.3) is 0 Å². The van der Waals surface area contributed by atoms with Crippen LogP contribution in [0.2, 0.25) is 0 Å². The van der Waals surface area contributed by atoms with Gasteiger partial charge in [0.15, 0.2) is 0 Å². The number of rotatable bonds is 3. The molecule has 2 aromatic heterocycles. The van der Waals surface area contributed by atoms with Crippen molar-refractivity contribution in [2.45, 2.75) is 19.4 Å². The molecule has 0 unspecified atom stereocenters. The fourth-order valence-corrected chi connectivity index (χ4v) is 3.15. The van der Waals surface area contributed by atoms with Gasteiger partial charge in [0.1, 0.15) is 11.4 Å². The van der Waals surface area contributed by atoms with E-state index in [0.717, 1.165) is 48.3 Å². The minimum atomic E-state index is 0.815. The lowest BCUT2D eigenvalue weighted by Gasteiger charge is -2.22. The lowest BCUT2D eigenvalue weighted by Crippen LogP contribution is -2.14. The second-order valence-corrected chi connectivity index (χ2v) is 5.75. The highest BCUT2D eigenvalue weighted by Gasteiger charge is 2.16. The minimum Gasteiger partial charge on any atom is -0.493 e. The Morgan fingerprint density at radius 1 is 1.27 bits per heavy atom. The van der Waals surface area contributed by atoms with Crippen molar-refractivity contribution in [3.05, 3.63) is 47.8 Å². The molecule has 0 amide bonds. The lowest BCUT2D eigenvalue weighted by molar-refractivity contribution is 0.285. The third-order valence-electron chi connectivity index (χ3n) is 4.18. The predicted octanol–water partition coefficient (Wildman–Crippen LogP) is 3.27. The van der Waals surface area contributed by atoms with Crippen LogP contribution in [0.25, 0.3) is 22.2 Å². The number of H-pyrrole nitrogens is 1. The van der Waals surface area contributed by atoms with Crippen LogP contribution >= 0.6 is 0 Å². The summed E-state index contributed by atoms with van der Waals surface area (Å²) in [6.45, 7) is 1.63. The van der Waals surface area contributed by atoms with Crippen LogP contribution in [-0.4, -0.2) is 23.6 Å². The zero-order valence-electron chi connectivity index (χ0n) is 12.6. The molecule has 0 fully saturated rings. The molecule has 0 aliphatic carbocycles. The van der Waals surface area contributed by atoms with Crippen molar-refractivity contribution in [1.82, 2.24) is 15.3 Å². The number of fused-ring (bicyclic) bond motifs is 2. The Balaban J connectivity index is 1.84. The molecule has 4 heteroatoms. The van der Waals surface area contributed by atoms with Crippen molar-refractivity contribution in [2.75, 3.05) is 13.7 Å². The Bertz CT molecular complexity index is 822. The fourth-order valence-electron chi connectivity index (χ4n) is 3.15. The van der Waals surface area contributed by atoms with E-state index in [-0.39, 0.29) is 0 Å². The van der Waals surface area contributed by atoms with Crippen molar-refractivity contribution < 1.29 is 4.74 Å². The van der Waals surface area contributed by atoms with Gasteiger partial charge in [-0.15, -0.1) is 0 Å². The molecule has 4 rings (SSSR count). The normalized spacial score (nSPS) is 13.9. The summed E-state index contributed by atoms with van der Waals surface area (Å²) in [7, 11) is 1.97. The summed E-state index contributed by atoms with van der Waals surface area (Å²) in [4.78, 5) is 7.64. The van der Waals surface area contributed by atoms with Crippen molar-refractivity contribution in [2.24, 2.45) is 0 Å². The molecule has 22 heavy (non-hydrogen) atoms. The Hall–Kier alpha value is -2.33. The number of nitrogens with one attached hydrogen (secondary N) is 2. The van der Waals surface area contributed by atoms with Crippen LogP contribution in [-0.2, 0) is 13.0 Å². The molecular formula is C18H19N3O. The van der Waals surface area contributed by atoms with E-state index in [1.165, 1.54) is 16.7 Å². The van der Waals surface area contributed by atoms with Crippen LogP contribution in [0.3, 0.4) is 0 Å². The first-order valence-corrected chi connectivity index (χ1v) is 7.72. The van der Waals surface area contributed by atoms with Gasteiger partial charge >= 0.3 is 0 Å². The van der Waals surface area contributed by atoms with Crippen LogP contribution in [0.5, 0.6) is 5.75 Å². The van der Waals surface area contributed by atoms with Crippen LogP contribution in [0.4, 0.5) is 0 Å². The molecular weight excluding hydrogens is 274 g/mol. The minimum absolute atomic E-state index is 0.815. The van der Waals surface area contributed by atoms with Crippen LogP contribution in [0.1, 0.15) is 17.5 Å². The largest absolute Gasteiger partial charge is 0.493 e. The maximum Gasteiger partial charge on any atom is 0.137 e. The molecule has 1 aliphatic heterocycles. The smallest absolute Gasteiger partial charge is 0.137 e. The molecule has 3 aromatic rings. The highest BCUT2D eigenvalue weighted by molar-refractivity contribution is 5.81. The quantitative estimate of drug-likeness (QED) is 0.779. The molecule has 112 valence electrons. The molecule has 0 saturated carbocycles. The molecule has 0 atom stereocenters. The summed E-state index contributed by atoms with van der Waals surface area (Å²) >= 11 is 0. The molecule has 0 bridgehead atoms. The van der Waals surface area contributed by atoms with Gasteiger partial charge in [0, 0.05) is 35.5 Å². The predicted molar refractivity (Wildman–Crippen MR) is 88.1 cm³/mol. The number of hydrogen-bond acceptors (Lipinski definition) is 3. The average molecular weight is 293 g/mol. The maximum absolute atomic E-state index is 5.90. The highest BCUT2D eigenvalue weighted by Crippen LogP contribution is 2.34. The summed E-state index contributed by atoms with van der Waals surface area (Å²) in [5, 5.41) is 4.38. The van der Waals surface area contributed by atoms with Crippen LogP contribution in [0, 0.1) is 0 Å². The Labute approximate surface area is 129 Å². The number of ether oxygens (including phenoxy) is 1. The molecule has 0 saturated heterocycles. The van der Waals surface area contributed by atoms with Crippen molar-refractivity contribution >= 4 is 11.0 Å². The van der Waals surface area contributed by atoms with Gasteiger partial charge in [-0.1, -0.05) is 0 Å². The topological polar surface area (TPSA) is 49.9 Å². The third kappa shape index (κ3) is 2.25. The summed E-state index contributed by atoms with van der Waals surface area (Å²) in [6, 6.07) is 8.72. The fraction of sp³-hybridized carbons (Fsp3) is 0.278. The van der Waals surface area contributed by atoms with Crippen LogP contribution in [0.15, 0.2) is 36.7 Å². The van der Waals surface area contributed by atoms with E-state index in [1.54, 1.807) is 0 Å². The van der Waals surface area contributed by atoms with Crippen molar-refractivity contribution in [3.63, 3.8) is 0 Å². The Morgan fingerprint density at radius 3 is 3.14 bits per heavy atom. The number of aromatic nitrogens is 2. The third-order valence-corrected chi connectivity index (χ3v) is 4.18. The van der Waals surface area contributed by atoms with Crippen molar-refractivity contribution in [1.29, 1.82) is 0 Å². The number of hydrogen-bond donors (Lipinski definition) is 2. The van der Waals surface area contributed by atoms with Gasteiger partial charge in [0.05, 0.1) is 6.61 Å². The van der Waals surface area contributed by atoms with Gasteiger partial charge in [-0.05, 0) is 55.3 Å². The van der Waals surface area contributed by atoms with E-state index in [2.05, 4.69) is 39.6 Å². The van der Waals surface area contributed by atoms with Gasteiger partial charge in [-0.2, -0.15) is 0 Å². The first-order chi connectivity index (χ1) is 10.8. The first kappa shape index (κ1) is 13.3. The van der Waals surface area contributed by atoms with Crippen LogP contribution < -0.4 is 10.1 Å². The zero-order valence-corrected chi connectivity index (χ0v) is 12.6. The Kier molecular flexibility index (Phi) is 3.31. The van der Waals surface area contributed by atoms with Gasteiger partial charge in [-0.3, -0.25) is 0 Å². The number of aryl methyl sites for hydroxylation is 1. The monoisotopic (exact) mass is 293 g/mol. The van der Waals surface area contributed by atoms with Gasteiger partial charge in [0.2, 0.25) is 0 Å². The SMILES string of the molecule is CNCc1cc(-c2cnc3[nH]ccc3c2)cc2c1OCCC2. The van der Waals surface area contributed by atoms with Gasteiger partial charge < -0.3 is 15.0 Å². The van der Waals surface area contributed by atoms with E-state index in [0.29, 0.717) is 0 Å². The summed E-state index contributed by atoms with van der Waals surface area (Å²) < 4.78 is 5.90. The van der Waals surface area contributed by atoms with E-state index in [1.807, 2.05) is 19.4 Å². The zero-order chi connectivity index (χ0) is 14.9. The van der Waals surface area contributed by atoms with E-state index < -0.39 is 0 Å². The summed E-state index contributed by atoms with van der Waals surface area (Å²) in [5.41, 5.74) is 5.83. The Morgan fingerprint density at radius 2 is 2.23 bits per heavy atom. The van der Waals surface area contributed by atoms with Crippen molar-refractivity contribution in [3.8, 4) is 16.9 Å². The number of benzene rings is 1. The second kappa shape index (κ2) is 5.46.